The third-order valence-electron chi connectivity index (χ3n) is 6.39. The van der Waals surface area contributed by atoms with Crippen LogP contribution in [0.3, 0.4) is 0 Å². The third-order valence-corrected chi connectivity index (χ3v) is 7.16. The standard InChI is InChI=1S/C23H23Cl2N5O4/c24-15-9-17(33-8-6-26)20-19(13-10-27-30(11-13)18-3-1-2-7-34-18)16-5-4-14(28-23(31)32)12-29(16)22(20)21(15)25/h9-11,14,18,28H,1-5,7-8,12H2,(H,31,32). The second-order valence-corrected chi connectivity index (χ2v) is 9.27. The summed E-state index contributed by atoms with van der Waals surface area (Å²) in [4.78, 5) is 11.3. The predicted octanol–water partition coefficient (Wildman–Crippen LogP) is 5.00. The van der Waals surface area contributed by atoms with E-state index in [2.05, 4.69) is 10.4 Å². The van der Waals surface area contributed by atoms with Gasteiger partial charge in [-0.05, 0) is 32.1 Å². The molecule has 178 valence electrons. The Morgan fingerprint density at radius 3 is 2.97 bits per heavy atom. The number of carboxylic acid groups (broad SMARTS) is 1. The molecule has 2 unspecified atom stereocenters. The van der Waals surface area contributed by atoms with E-state index in [0.29, 0.717) is 47.3 Å². The highest BCUT2D eigenvalue weighted by Crippen LogP contribution is 2.47. The summed E-state index contributed by atoms with van der Waals surface area (Å²) in [6.45, 7) is 0.962. The second-order valence-electron chi connectivity index (χ2n) is 8.49. The van der Waals surface area contributed by atoms with E-state index in [-0.39, 0.29) is 18.9 Å². The van der Waals surface area contributed by atoms with E-state index in [1.54, 1.807) is 12.3 Å². The third kappa shape index (κ3) is 4.06. The van der Waals surface area contributed by atoms with Gasteiger partial charge in [0.15, 0.2) is 6.61 Å². The largest absolute Gasteiger partial charge is 0.478 e. The van der Waals surface area contributed by atoms with Crippen molar-refractivity contribution in [3.8, 4) is 22.9 Å². The first-order valence-corrected chi connectivity index (χ1v) is 11.9. The number of nitriles is 1. The highest BCUT2D eigenvalue weighted by Gasteiger charge is 2.31. The van der Waals surface area contributed by atoms with E-state index >= 15 is 0 Å². The van der Waals surface area contributed by atoms with Crippen LogP contribution in [-0.4, -0.2) is 44.8 Å². The van der Waals surface area contributed by atoms with Crippen LogP contribution in [0.4, 0.5) is 4.79 Å². The Hall–Kier alpha value is -2.93. The number of amides is 1. The van der Waals surface area contributed by atoms with Crippen molar-refractivity contribution >= 4 is 40.2 Å². The van der Waals surface area contributed by atoms with Crippen molar-refractivity contribution in [3.05, 3.63) is 34.2 Å². The molecule has 4 heterocycles. The summed E-state index contributed by atoms with van der Waals surface area (Å²) >= 11 is 13.1. The zero-order chi connectivity index (χ0) is 23.8. The Labute approximate surface area is 205 Å². The zero-order valence-corrected chi connectivity index (χ0v) is 19.8. The van der Waals surface area contributed by atoms with Gasteiger partial charge < -0.3 is 24.5 Å². The number of halogens is 2. The van der Waals surface area contributed by atoms with Gasteiger partial charge in [0, 0.05) is 42.2 Å². The molecule has 34 heavy (non-hydrogen) atoms. The summed E-state index contributed by atoms with van der Waals surface area (Å²) in [6.07, 6.45) is 6.87. The molecule has 0 saturated carbocycles. The zero-order valence-electron chi connectivity index (χ0n) is 18.3. The molecular formula is C23H23Cl2N5O4. The van der Waals surface area contributed by atoms with E-state index in [1.807, 2.05) is 21.5 Å². The van der Waals surface area contributed by atoms with Gasteiger partial charge in [-0.25, -0.2) is 9.48 Å². The molecule has 3 aromatic rings. The number of aromatic nitrogens is 3. The molecule has 1 aromatic carbocycles. The Morgan fingerprint density at radius 2 is 2.24 bits per heavy atom. The number of benzene rings is 1. The molecule has 1 saturated heterocycles. The first kappa shape index (κ1) is 22.8. The molecule has 2 N–H and O–H groups in total. The minimum Gasteiger partial charge on any atom is -0.478 e. The fraction of sp³-hybridized carbons (Fsp3) is 0.435. The Kier molecular flexibility index (Phi) is 6.30. The smallest absolute Gasteiger partial charge is 0.404 e. The summed E-state index contributed by atoms with van der Waals surface area (Å²) in [5, 5.41) is 26.9. The normalized spacial score (nSPS) is 20.0. The van der Waals surface area contributed by atoms with Crippen molar-refractivity contribution in [3.63, 3.8) is 0 Å². The number of hydrogen-bond acceptors (Lipinski definition) is 5. The number of nitrogens with one attached hydrogen (secondary N) is 1. The molecule has 1 fully saturated rings. The SMILES string of the molecule is N#CCOc1cc(Cl)c(Cl)c2c1c(-c1cnn(C3CCCCO3)c1)c1n2CC(NC(=O)O)CC1. The van der Waals surface area contributed by atoms with Crippen molar-refractivity contribution < 1.29 is 19.4 Å². The average Bonchev–Trinajstić information content (AvgIpc) is 3.43. The highest BCUT2D eigenvalue weighted by molar-refractivity contribution is 6.45. The van der Waals surface area contributed by atoms with Crippen LogP contribution in [0.5, 0.6) is 5.75 Å². The maximum Gasteiger partial charge on any atom is 0.404 e. The lowest BCUT2D eigenvalue weighted by Gasteiger charge is -2.26. The van der Waals surface area contributed by atoms with Gasteiger partial charge in [-0.15, -0.1) is 0 Å². The van der Waals surface area contributed by atoms with Crippen LogP contribution >= 0.6 is 23.2 Å². The lowest BCUT2D eigenvalue weighted by molar-refractivity contribution is -0.0394. The van der Waals surface area contributed by atoms with Gasteiger partial charge in [0.25, 0.3) is 0 Å². The van der Waals surface area contributed by atoms with Crippen LogP contribution in [-0.2, 0) is 17.7 Å². The predicted molar refractivity (Wildman–Crippen MR) is 126 cm³/mol. The van der Waals surface area contributed by atoms with Crippen LogP contribution in [0.15, 0.2) is 18.5 Å². The molecule has 11 heteroatoms. The fourth-order valence-electron chi connectivity index (χ4n) is 4.97. The lowest BCUT2D eigenvalue weighted by Crippen LogP contribution is -2.40. The molecule has 0 radical (unpaired) electrons. The van der Waals surface area contributed by atoms with Gasteiger partial charge in [0.05, 0.1) is 33.2 Å². The number of carbonyl (C=O) groups is 1. The topological polar surface area (TPSA) is 114 Å². The van der Waals surface area contributed by atoms with Crippen molar-refractivity contribution in [2.24, 2.45) is 0 Å². The maximum atomic E-state index is 11.3. The Morgan fingerprint density at radius 1 is 1.38 bits per heavy atom. The Bertz CT molecular complexity index is 1290. The molecule has 2 aliphatic rings. The summed E-state index contributed by atoms with van der Waals surface area (Å²) < 4.78 is 15.5. The van der Waals surface area contributed by atoms with E-state index in [0.717, 1.165) is 41.5 Å². The van der Waals surface area contributed by atoms with Crippen molar-refractivity contribution in [1.29, 1.82) is 5.26 Å². The summed E-state index contributed by atoms with van der Waals surface area (Å²) in [5.74, 6) is 0.451. The fourth-order valence-corrected chi connectivity index (χ4v) is 5.41. The van der Waals surface area contributed by atoms with Gasteiger partial charge in [0.1, 0.15) is 18.0 Å². The van der Waals surface area contributed by atoms with Gasteiger partial charge in [-0.1, -0.05) is 23.2 Å². The highest BCUT2D eigenvalue weighted by atomic mass is 35.5. The molecule has 0 aliphatic carbocycles. The van der Waals surface area contributed by atoms with Crippen molar-refractivity contribution in [2.75, 3.05) is 13.2 Å². The van der Waals surface area contributed by atoms with Gasteiger partial charge >= 0.3 is 6.09 Å². The first-order valence-electron chi connectivity index (χ1n) is 11.2. The average molecular weight is 504 g/mol. The van der Waals surface area contributed by atoms with Gasteiger partial charge in [-0.3, -0.25) is 0 Å². The number of rotatable bonds is 5. The van der Waals surface area contributed by atoms with Crippen LogP contribution in [0.25, 0.3) is 22.0 Å². The van der Waals surface area contributed by atoms with Crippen LogP contribution in [0.1, 0.15) is 37.6 Å². The number of fused-ring (bicyclic) bond motifs is 3. The van der Waals surface area contributed by atoms with Crippen LogP contribution < -0.4 is 10.1 Å². The van der Waals surface area contributed by atoms with Gasteiger partial charge in [0.2, 0.25) is 0 Å². The van der Waals surface area contributed by atoms with E-state index in [4.69, 9.17) is 37.9 Å². The van der Waals surface area contributed by atoms with E-state index in [9.17, 15) is 9.90 Å². The Balaban J connectivity index is 1.69. The molecule has 2 aliphatic heterocycles. The molecule has 1 amide bonds. The maximum absolute atomic E-state index is 11.3. The second kappa shape index (κ2) is 9.37. The molecule has 9 nitrogen and oxygen atoms in total. The minimum absolute atomic E-state index is 0.108. The molecule has 2 atom stereocenters. The molecule has 2 aromatic heterocycles. The first-order chi connectivity index (χ1) is 16.5. The monoisotopic (exact) mass is 503 g/mol. The number of hydrogen-bond donors (Lipinski definition) is 2. The van der Waals surface area contributed by atoms with Gasteiger partial charge in [-0.2, -0.15) is 10.4 Å². The minimum atomic E-state index is -1.07. The number of nitrogens with zero attached hydrogens (tertiary/aromatic N) is 4. The van der Waals surface area contributed by atoms with Crippen LogP contribution in [0, 0.1) is 11.3 Å². The lowest BCUT2D eigenvalue weighted by atomic mass is 9.98. The van der Waals surface area contributed by atoms with E-state index < -0.39 is 6.09 Å². The molecule has 0 bridgehead atoms. The van der Waals surface area contributed by atoms with Crippen molar-refractivity contribution in [1.82, 2.24) is 19.7 Å². The quantitative estimate of drug-likeness (QED) is 0.506. The van der Waals surface area contributed by atoms with E-state index in [1.165, 1.54) is 0 Å². The molecule has 0 spiro atoms. The van der Waals surface area contributed by atoms with Crippen molar-refractivity contribution in [2.45, 2.75) is 50.9 Å². The summed E-state index contributed by atoms with van der Waals surface area (Å²) in [5.41, 5.74) is 3.43. The number of ether oxygens (including phenoxy) is 2. The summed E-state index contributed by atoms with van der Waals surface area (Å²) in [6, 6.07) is 3.35. The molecular weight excluding hydrogens is 481 g/mol. The summed E-state index contributed by atoms with van der Waals surface area (Å²) in [7, 11) is 0. The van der Waals surface area contributed by atoms with Crippen LogP contribution in [0.2, 0.25) is 10.0 Å². The molecule has 5 rings (SSSR count).